The van der Waals surface area contributed by atoms with E-state index in [-0.39, 0.29) is 0 Å². The van der Waals surface area contributed by atoms with Crippen molar-refractivity contribution in [3.63, 3.8) is 0 Å². The zero-order chi connectivity index (χ0) is 16.4. The number of hydrogen-bond acceptors (Lipinski definition) is 1. The first-order chi connectivity index (χ1) is 11.1. The summed E-state index contributed by atoms with van der Waals surface area (Å²) < 4.78 is 13.3. The minimum absolute atomic E-state index is 0.706. The van der Waals surface area contributed by atoms with Crippen LogP contribution in [-0.2, 0) is 10.8 Å². The summed E-state index contributed by atoms with van der Waals surface area (Å²) in [6.07, 6.45) is 1.71. The normalized spacial score (nSPS) is 12.1. The Balaban J connectivity index is 2.15. The zero-order valence-corrected chi connectivity index (χ0v) is 15.6. The molecule has 1 nitrogen and oxygen atoms in total. The van der Waals surface area contributed by atoms with E-state index >= 15 is 0 Å². The van der Waals surface area contributed by atoms with Crippen molar-refractivity contribution in [2.24, 2.45) is 0 Å². The van der Waals surface area contributed by atoms with Crippen LogP contribution in [0.5, 0.6) is 0 Å². The minimum atomic E-state index is -1.08. The van der Waals surface area contributed by atoms with Crippen molar-refractivity contribution in [3.05, 3.63) is 76.2 Å². The van der Waals surface area contributed by atoms with Gasteiger partial charge in [-0.05, 0) is 46.5 Å². The zero-order valence-electron chi connectivity index (χ0n) is 12.4. The van der Waals surface area contributed by atoms with Gasteiger partial charge >= 0.3 is 0 Å². The highest BCUT2D eigenvalue weighted by Crippen LogP contribution is 2.34. The predicted molar refractivity (Wildman–Crippen MR) is 102 cm³/mol. The Labute approximate surface area is 151 Å². The molecule has 3 aromatic rings. The van der Waals surface area contributed by atoms with Crippen LogP contribution in [0, 0.1) is 0 Å². The van der Waals surface area contributed by atoms with E-state index < -0.39 is 10.8 Å². The third kappa shape index (κ3) is 3.57. The van der Waals surface area contributed by atoms with Crippen molar-refractivity contribution in [2.75, 3.05) is 6.26 Å². The third-order valence-corrected chi connectivity index (χ3v) is 5.53. The van der Waals surface area contributed by atoms with Gasteiger partial charge in [0, 0.05) is 20.6 Å². The molecule has 116 valence electrons. The summed E-state index contributed by atoms with van der Waals surface area (Å²) in [7, 11) is -1.08. The average molecular weight is 406 g/mol. The Hall–Kier alpha value is -1.42. The Morgan fingerprint density at radius 2 is 1.52 bits per heavy atom. The van der Waals surface area contributed by atoms with E-state index in [0.29, 0.717) is 5.02 Å². The highest BCUT2D eigenvalue weighted by atomic mass is 79.9. The first-order valence-corrected chi connectivity index (χ1v) is 9.77. The SMILES string of the molecule is CS(=O)c1cc(-c2ccc(Cl)cc2)ccc1-c1ccccc1Br. The summed E-state index contributed by atoms with van der Waals surface area (Å²) in [6.45, 7) is 0. The number of benzene rings is 3. The lowest BCUT2D eigenvalue weighted by Gasteiger charge is -2.12. The van der Waals surface area contributed by atoms with E-state index in [1.807, 2.05) is 66.7 Å². The molecule has 0 aliphatic carbocycles. The maximum absolute atomic E-state index is 12.3. The first kappa shape index (κ1) is 16.4. The molecule has 0 spiro atoms. The van der Waals surface area contributed by atoms with Crippen LogP contribution < -0.4 is 0 Å². The van der Waals surface area contributed by atoms with Gasteiger partial charge in [0.15, 0.2) is 0 Å². The largest absolute Gasteiger partial charge is 0.255 e. The van der Waals surface area contributed by atoms with Crippen LogP contribution in [0.1, 0.15) is 0 Å². The molecular formula is C19H14BrClOS. The van der Waals surface area contributed by atoms with Gasteiger partial charge in [-0.2, -0.15) is 0 Å². The molecule has 0 saturated heterocycles. The quantitative estimate of drug-likeness (QED) is 0.509. The second-order valence-corrected chi connectivity index (χ2v) is 7.79. The van der Waals surface area contributed by atoms with E-state index in [4.69, 9.17) is 11.6 Å². The molecule has 0 fully saturated rings. The van der Waals surface area contributed by atoms with E-state index in [1.165, 1.54) is 0 Å². The molecule has 0 saturated carbocycles. The fourth-order valence-electron chi connectivity index (χ4n) is 2.48. The number of hydrogen-bond donors (Lipinski definition) is 0. The van der Waals surface area contributed by atoms with Crippen LogP contribution in [0.4, 0.5) is 0 Å². The Morgan fingerprint density at radius 3 is 2.17 bits per heavy atom. The molecule has 1 unspecified atom stereocenters. The van der Waals surface area contributed by atoms with Crippen molar-refractivity contribution in [2.45, 2.75) is 4.90 Å². The molecule has 0 amide bonds. The van der Waals surface area contributed by atoms with Crippen LogP contribution in [-0.4, -0.2) is 10.5 Å². The van der Waals surface area contributed by atoms with Crippen molar-refractivity contribution in [1.29, 1.82) is 0 Å². The minimum Gasteiger partial charge on any atom is -0.255 e. The number of rotatable bonds is 3. The summed E-state index contributed by atoms with van der Waals surface area (Å²) in [5.74, 6) is 0. The lowest BCUT2D eigenvalue weighted by atomic mass is 10.0. The first-order valence-electron chi connectivity index (χ1n) is 7.04. The van der Waals surface area contributed by atoms with E-state index in [9.17, 15) is 4.21 Å². The lowest BCUT2D eigenvalue weighted by Crippen LogP contribution is -1.94. The Morgan fingerprint density at radius 1 is 0.870 bits per heavy atom. The van der Waals surface area contributed by atoms with Crippen LogP contribution in [0.2, 0.25) is 5.02 Å². The van der Waals surface area contributed by atoms with Crippen molar-refractivity contribution >= 4 is 38.3 Å². The second-order valence-electron chi connectivity index (χ2n) is 5.15. The van der Waals surface area contributed by atoms with Crippen LogP contribution >= 0.6 is 27.5 Å². The molecule has 0 heterocycles. The van der Waals surface area contributed by atoms with Gasteiger partial charge in [-0.3, -0.25) is 4.21 Å². The molecule has 4 heteroatoms. The van der Waals surface area contributed by atoms with Gasteiger partial charge in [0.1, 0.15) is 0 Å². The molecular weight excluding hydrogens is 392 g/mol. The molecule has 1 atom stereocenters. The highest BCUT2D eigenvalue weighted by Gasteiger charge is 2.12. The lowest BCUT2D eigenvalue weighted by molar-refractivity contribution is 0.687. The van der Waals surface area contributed by atoms with Crippen LogP contribution in [0.15, 0.2) is 76.1 Å². The monoisotopic (exact) mass is 404 g/mol. The van der Waals surface area contributed by atoms with Gasteiger partial charge in [0.05, 0.1) is 10.8 Å². The molecule has 0 aromatic heterocycles. The smallest absolute Gasteiger partial charge is 0.0504 e. The Bertz CT molecular complexity index is 875. The van der Waals surface area contributed by atoms with Gasteiger partial charge in [-0.15, -0.1) is 0 Å². The molecule has 0 aliphatic rings. The molecule has 0 aliphatic heterocycles. The fourth-order valence-corrected chi connectivity index (χ4v) is 3.89. The highest BCUT2D eigenvalue weighted by molar-refractivity contribution is 9.10. The maximum Gasteiger partial charge on any atom is 0.0504 e. The summed E-state index contributed by atoms with van der Waals surface area (Å²) in [5.41, 5.74) is 4.11. The third-order valence-electron chi connectivity index (χ3n) is 3.63. The number of halogens is 2. The van der Waals surface area contributed by atoms with Gasteiger partial charge in [0.2, 0.25) is 0 Å². The van der Waals surface area contributed by atoms with E-state index in [0.717, 1.165) is 31.6 Å². The van der Waals surface area contributed by atoms with Crippen LogP contribution in [0.3, 0.4) is 0 Å². The Kier molecular flexibility index (Phi) is 5.00. The van der Waals surface area contributed by atoms with Gasteiger partial charge in [-0.1, -0.05) is 70.0 Å². The molecule has 0 N–H and O–H groups in total. The summed E-state index contributed by atoms with van der Waals surface area (Å²) in [6, 6.07) is 21.7. The fraction of sp³-hybridized carbons (Fsp3) is 0.0526. The second kappa shape index (κ2) is 7.00. The van der Waals surface area contributed by atoms with E-state index in [1.54, 1.807) is 6.26 Å². The summed E-state index contributed by atoms with van der Waals surface area (Å²) in [5, 5.41) is 0.706. The predicted octanol–water partition coefficient (Wildman–Crippen LogP) is 6.17. The maximum atomic E-state index is 12.3. The van der Waals surface area contributed by atoms with Crippen molar-refractivity contribution in [1.82, 2.24) is 0 Å². The average Bonchev–Trinajstić information content (AvgIpc) is 2.55. The van der Waals surface area contributed by atoms with Crippen molar-refractivity contribution in [3.8, 4) is 22.3 Å². The summed E-state index contributed by atoms with van der Waals surface area (Å²) in [4.78, 5) is 0.823. The van der Waals surface area contributed by atoms with Gasteiger partial charge < -0.3 is 0 Å². The molecule has 23 heavy (non-hydrogen) atoms. The van der Waals surface area contributed by atoms with Crippen LogP contribution in [0.25, 0.3) is 22.3 Å². The van der Waals surface area contributed by atoms with Gasteiger partial charge in [-0.25, -0.2) is 0 Å². The van der Waals surface area contributed by atoms with Crippen molar-refractivity contribution < 1.29 is 4.21 Å². The molecule has 0 radical (unpaired) electrons. The molecule has 3 rings (SSSR count). The van der Waals surface area contributed by atoms with Gasteiger partial charge in [0.25, 0.3) is 0 Å². The molecule has 3 aromatic carbocycles. The standard InChI is InChI=1S/C19H14BrClOS/c1-23(22)19-12-14(13-6-9-15(21)10-7-13)8-11-17(19)16-4-2-3-5-18(16)20/h2-12H,1H3. The van der Waals surface area contributed by atoms with E-state index in [2.05, 4.69) is 15.9 Å². The molecule has 0 bridgehead atoms. The topological polar surface area (TPSA) is 17.1 Å². The summed E-state index contributed by atoms with van der Waals surface area (Å²) >= 11 is 9.52.